The number of carbonyl (C=O) groups is 2. The zero-order valence-electron chi connectivity index (χ0n) is 14.2. The number of aryl methyl sites for hydroxylation is 2. The van der Waals surface area contributed by atoms with Crippen LogP contribution < -0.4 is 20.3 Å². The van der Waals surface area contributed by atoms with E-state index in [-0.39, 0.29) is 17.9 Å². The molecule has 6 nitrogen and oxygen atoms in total. The van der Waals surface area contributed by atoms with E-state index in [1.54, 1.807) is 0 Å². The highest BCUT2D eigenvalue weighted by molar-refractivity contribution is 5.95. The molecule has 0 saturated carbocycles. The van der Waals surface area contributed by atoms with E-state index in [2.05, 4.69) is 15.6 Å². The van der Waals surface area contributed by atoms with Gasteiger partial charge in [0.25, 0.3) is 11.8 Å². The second kappa shape index (κ2) is 8.80. The minimum Gasteiger partial charge on any atom is -0.483 e. The molecular formula is C18H18F2N2O4. The first kappa shape index (κ1) is 19.2. The molecule has 8 heteroatoms. The summed E-state index contributed by atoms with van der Waals surface area (Å²) < 4.78 is 33.7. The quantitative estimate of drug-likeness (QED) is 0.773. The van der Waals surface area contributed by atoms with Crippen LogP contribution in [-0.4, -0.2) is 25.0 Å². The van der Waals surface area contributed by atoms with Gasteiger partial charge in [-0.15, -0.1) is 0 Å². The molecule has 0 bridgehead atoms. The fourth-order valence-electron chi connectivity index (χ4n) is 2.03. The van der Waals surface area contributed by atoms with Crippen LogP contribution in [0.4, 0.5) is 8.78 Å². The number of rotatable bonds is 6. The van der Waals surface area contributed by atoms with E-state index in [0.717, 1.165) is 11.1 Å². The molecule has 2 amide bonds. The number of hydrazine groups is 1. The van der Waals surface area contributed by atoms with Gasteiger partial charge in [-0.05, 0) is 55.3 Å². The van der Waals surface area contributed by atoms with Gasteiger partial charge in [-0.3, -0.25) is 20.4 Å². The van der Waals surface area contributed by atoms with Crippen LogP contribution in [0.25, 0.3) is 0 Å². The van der Waals surface area contributed by atoms with Crippen LogP contribution in [0.1, 0.15) is 21.5 Å². The van der Waals surface area contributed by atoms with Crippen molar-refractivity contribution in [2.75, 3.05) is 6.61 Å². The number of amides is 2. The third-order valence-corrected chi connectivity index (χ3v) is 3.36. The monoisotopic (exact) mass is 364 g/mol. The van der Waals surface area contributed by atoms with Crippen LogP contribution in [-0.2, 0) is 4.79 Å². The van der Waals surface area contributed by atoms with Gasteiger partial charge in [-0.1, -0.05) is 12.1 Å². The Hall–Kier alpha value is -3.16. The average molecular weight is 364 g/mol. The van der Waals surface area contributed by atoms with Gasteiger partial charge < -0.3 is 9.47 Å². The third-order valence-electron chi connectivity index (χ3n) is 3.36. The summed E-state index contributed by atoms with van der Waals surface area (Å²) in [6.45, 7) is 0.553. The Balaban J connectivity index is 1.81. The van der Waals surface area contributed by atoms with E-state index in [1.807, 2.05) is 32.0 Å². The van der Waals surface area contributed by atoms with E-state index < -0.39 is 18.4 Å². The number of nitrogens with one attached hydrogen (secondary N) is 2. The van der Waals surface area contributed by atoms with E-state index in [4.69, 9.17) is 4.74 Å². The van der Waals surface area contributed by atoms with Gasteiger partial charge in [-0.2, -0.15) is 8.78 Å². The van der Waals surface area contributed by atoms with Gasteiger partial charge in [0.05, 0.1) is 0 Å². The molecule has 0 saturated heterocycles. The van der Waals surface area contributed by atoms with Gasteiger partial charge in [0.1, 0.15) is 11.5 Å². The topological polar surface area (TPSA) is 76.7 Å². The maximum Gasteiger partial charge on any atom is 0.387 e. The van der Waals surface area contributed by atoms with E-state index in [0.29, 0.717) is 5.75 Å². The molecule has 2 N–H and O–H groups in total. The van der Waals surface area contributed by atoms with E-state index in [1.165, 1.54) is 24.3 Å². The minimum absolute atomic E-state index is 0.0671. The Morgan fingerprint density at radius 2 is 1.73 bits per heavy atom. The number of ether oxygens (including phenoxy) is 2. The Kier molecular flexibility index (Phi) is 6.48. The van der Waals surface area contributed by atoms with Gasteiger partial charge in [0.15, 0.2) is 6.61 Å². The van der Waals surface area contributed by atoms with Crippen molar-refractivity contribution in [1.29, 1.82) is 0 Å². The summed E-state index contributed by atoms with van der Waals surface area (Å²) >= 11 is 0. The van der Waals surface area contributed by atoms with Crippen molar-refractivity contribution < 1.29 is 27.8 Å². The molecule has 2 rings (SSSR count). The number of alkyl halides is 2. The fourth-order valence-corrected chi connectivity index (χ4v) is 2.03. The lowest BCUT2D eigenvalue weighted by atomic mass is 10.1. The summed E-state index contributed by atoms with van der Waals surface area (Å²) in [6.07, 6.45) is 0. The highest BCUT2D eigenvalue weighted by Crippen LogP contribution is 2.18. The molecule has 0 unspecified atom stereocenters. The maximum absolute atomic E-state index is 12.1. The molecule has 0 spiro atoms. The lowest BCUT2D eigenvalue weighted by Crippen LogP contribution is -2.43. The number of benzene rings is 2. The summed E-state index contributed by atoms with van der Waals surface area (Å²) in [6, 6.07) is 10.7. The number of carbonyl (C=O) groups excluding carboxylic acids is 2. The van der Waals surface area contributed by atoms with Gasteiger partial charge >= 0.3 is 6.61 Å². The van der Waals surface area contributed by atoms with Gasteiger partial charge in [-0.25, -0.2) is 0 Å². The molecule has 138 valence electrons. The molecule has 0 aliphatic rings. The van der Waals surface area contributed by atoms with Gasteiger partial charge in [0, 0.05) is 5.56 Å². The highest BCUT2D eigenvalue weighted by atomic mass is 19.3. The summed E-state index contributed by atoms with van der Waals surface area (Å²) in [4.78, 5) is 23.7. The molecule has 0 aliphatic heterocycles. The van der Waals surface area contributed by atoms with Crippen LogP contribution in [0.2, 0.25) is 0 Å². The number of hydrogen-bond donors (Lipinski definition) is 2. The predicted molar refractivity (Wildman–Crippen MR) is 90.1 cm³/mol. The Morgan fingerprint density at radius 3 is 2.38 bits per heavy atom. The molecule has 0 heterocycles. The Morgan fingerprint density at radius 1 is 1.04 bits per heavy atom. The lowest BCUT2D eigenvalue weighted by molar-refractivity contribution is -0.123. The van der Waals surface area contributed by atoms with Crippen molar-refractivity contribution in [1.82, 2.24) is 10.9 Å². The Bertz CT molecular complexity index is 779. The van der Waals surface area contributed by atoms with Crippen LogP contribution in [0.3, 0.4) is 0 Å². The molecule has 2 aromatic rings. The second-order valence-corrected chi connectivity index (χ2v) is 5.46. The van der Waals surface area contributed by atoms with Crippen molar-refractivity contribution >= 4 is 11.8 Å². The number of halogens is 2. The van der Waals surface area contributed by atoms with Crippen LogP contribution in [0, 0.1) is 13.8 Å². The van der Waals surface area contributed by atoms with E-state index in [9.17, 15) is 18.4 Å². The Labute approximate surface area is 149 Å². The second-order valence-electron chi connectivity index (χ2n) is 5.46. The van der Waals surface area contributed by atoms with Crippen molar-refractivity contribution in [3.05, 3.63) is 59.2 Å². The molecule has 0 radical (unpaired) electrons. The summed E-state index contributed by atoms with van der Waals surface area (Å²) in [5.74, 6) is -0.630. The molecule has 0 aromatic heterocycles. The lowest BCUT2D eigenvalue weighted by Gasteiger charge is -2.11. The predicted octanol–water partition coefficient (Wildman–Crippen LogP) is 2.74. The third kappa shape index (κ3) is 5.73. The SMILES string of the molecule is Cc1ccc(C)c(OCC(=O)NNC(=O)c2ccc(OC(F)F)cc2)c1. The highest BCUT2D eigenvalue weighted by Gasteiger charge is 2.10. The average Bonchev–Trinajstić information content (AvgIpc) is 2.60. The van der Waals surface area contributed by atoms with Crippen molar-refractivity contribution in [2.24, 2.45) is 0 Å². The summed E-state index contributed by atoms with van der Waals surface area (Å²) in [5, 5.41) is 0. The normalized spacial score (nSPS) is 10.3. The molecule has 0 aliphatic carbocycles. The van der Waals surface area contributed by atoms with Crippen molar-refractivity contribution in [2.45, 2.75) is 20.5 Å². The molecule has 0 atom stereocenters. The number of hydrogen-bond acceptors (Lipinski definition) is 4. The van der Waals surface area contributed by atoms with Crippen LogP contribution in [0.15, 0.2) is 42.5 Å². The zero-order valence-corrected chi connectivity index (χ0v) is 14.2. The van der Waals surface area contributed by atoms with Crippen molar-refractivity contribution in [3.63, 3.8) is 0 Å². The first-order chi connectivity index (χ1) is 12.3. The molecule has 26 heavy (non-hydrogen) atoms. The fraction of sp³-hybridized carbons (Fsp3) is 0.222. The van der Waals surface area contributed by atoms with Crippen LogP contribution >= 0.6 is 0 Å². The molecule has 0 fully saturated rings. The standard InChI is InChI=1S/C18H18F2N2O4/c1-11-3-4-12(2)15(9-11)25-10-16(23)21-22-17(24)13-5-7-14(8-6-13)26-18(19)20/h3-9,18H,10H2,1-2H3,(H,21,23)(H,22,24). The zero-order chi connectivity index (χ0) is 19.1. The van der Waals surface area contributed by atoms with Gasteiger partial charge in [0.2, 0.25) is 0 Å². The molecular weight excluding hydrogens is 346 g/mol. The smallest absolute Gasteiger partial charge is 0.387 e. The first-order valence-electron chi connectivity index (χ1n) is 7.69. The largest absolute Gasteiger partial charge is 0.483 e. The van der Waals surface area contributed by atoms with Crippen molar-refractivity contribution in [3.8, 4) is 11.5 Å². The van der Waals surface area contributed by atoms with Crippen LogP contribution in [0.5, 0.6) is 11.5 Å². The van der Waals surface area contributed by atoms with E-state index >= 15 is 0 Å². The summed E-state index contributed by atoms with van der Waals surface area (Å²) in [7, 11) is 0. The first-order valence-corrected chi connectivity index (χ1v) is 7.69. The maximum atomic E-state index is 12.1. The minimum atomic E-state index is -2.94. The summed E-state index contributed by atoms with van der Waals surface area (Å²) in [5.41, 5.74) is 6.49. The molecule has 2 aromatic carbocycles.